The molecule has 1 unspecified atom stereocenters. The lowest BCUT2D eigenvalue weighted by atomic mass is 9.99. The van der Waals surface area contributed by atoms with E-state index >= 15 is 0 Å². The van der Waals surface area contributed by atoms with Gasteiger partial charge in [0.2, 0.25) is 5.91 Å². The summed E-state index contributed by atoms with van der Waals surface area (Å²) in [6.07, 6.45) is 1.62. The third kappa shape index (κ3) is 1.56. The third-order valence-electron chi connectivity index (χ3n) is 1.39. The maximum Gasteiger partial charge on any atom is 0.222 e. The second-order valence-corrected chi connectivity index (χ2v) is 2.63. The Bertz CT molecular complexity index is 143. The SMILES string of the molecule is C=C(C)CC1CC(=O)N1. The Kier molecular flexibility index (Phi) is 1.56. The van der Waals surface area contributed by atoms with Gasteiger partial charge in [0.15, 0.2) is 0 Å². The fourth-order valence-electron chi connectivity index (χ4n) is 0.974. The van der Waals surface area contributed by atoms with Crippen molar-refractivity contribution >= 4 is 5.91 Å². The summed E-state index contributed by atoms with van der Waals surface area (Å²) in [6, 6.07) is 0.384. The zero-order chi connectivity index (χ0) is 6.85. The molecule has 1 saturated heterocycles. The van der Waals surface area contributed by atoms with Crippen LogP contribution in [-0.4, -0.2) is 11.9 Å². The van der Waals surface area contributed by atoms with Crippen molar-refractivity contribution in [3.8, 4) is 0 Å². The van der Waals surface area contributed by atoms with Gasteiger partial charge in [0.25, 0.3) is 0 Å². The zero-order valence-electron chi connectivity index (χ0n) is 5.61. The monoisotopic (exact) mass is 125 g/mol. The molecule has 1 rings (SSSR count). The first kappa shape index (κ1) is 6.33. The van der Waals surface area contributed by atoms with Gasteiger partial charge >= 0.3 is 0 Å². The van der Waals surface area contributed by atoms with Crippen molar-refractivity contribution in [2.45, 2.75) is 25.8 Å². The summed E-state index contributed by atoms with van der Waals surface area (Å²) in [5, 5.41) is 2.77. The lowest BCUT2D eigenvalue weighted by Gasteiger charge is -2.26. The van der Waals surface area contributed by atoms with Crippen molar-refractivity contribution in [2.75, 3.05) is 0 Å². The molecule has 1 aliphatic rings. The fraction of sp³-hybridized carbons (Fsp3) is 0.571. The molecule has 0 aromatic heterocycles. The Morgan fingerprint density at radius 2 is 2.56 bits per heavy atom. The number of hydrogen-bond acceptors (Lipinski definition) is 1. The largest absolute Gasteiger partial charge is 0.352 e. The Balaban J connectivity index is 2.18. The molecule has 0 aromatic rings. The van der Waals surface area contributed by atoms with Crippen molar-refractivity contribution in [3.05, 3.63) is 12.2 Å². The molecule has 1 amide bonds. The summed E-state index contributed by atoms with van der Waals surface area (Å²) in [5.41, 5.74) is 1.14. The second-order valence-electron chi connectivity index (χ2n) is 2.63. The van der Waals surface area contributed by atoms with Crippen LogP contribution >= 0.6 is 0 Å². The first-order valence-corrected chi connectivity index (χ1v) is 3.12. The van der Waals surface area contributed by atoms with Gasteiger partial charge in [-0.25, -0.2) is 0 Å². The van der Waals surface area contributed by atoms with E-state index < -0.39 is 0 Å². The van der Waals surface area contributed by atoms with Crippen LogP contribution in [0.1, 0.15) is 19.8 Å². The number of carbonyl (C=O) groups is 1. The van der Waals surface area contributed by atoms with E-state index in [4.69, 9.17) is 0 Å². The van der Waals surface area contributed by atoms with Crippen LogP contribution in [0.15, 0.2) is 12.2 Å². The van der Waals surface area contributed by atoms with Crippen molar-refractivity contribution in [3.63, 3.8) is 0 Å². The van der Waals surface area contributed by atoms with Gasteiger partial charge in [0.1, 0.15) is 0 Å². The molecule has 0 saturated carbocycles. The number of β-lactam (4-membered cyclic amide) rings is 1. The highest BCUT2D eigenvalue weighted by atomic mass is 16.2. The van der Waals surface area contributed by atoms with Gasteiger partial charge in [-0.05, 0) is 13.3 Å². The number of hydrogen-bond donors (Lipinski definition) is 1. The average molecular weight is 125 g/mol. The van der Waals surface area contributed by atoms with Crippen LogP contribution in [0.2, 0.25) is 0 Å². The highest BCUT2D eigenvalue weighted by Gasteiger charge is 2.24. The lowest BCUT2D eigenvalue weighted by molar-refractivity contribution is -0.128. The molecule has 1 atom stereocenters. The van der Waals surface area contributed by atoms with Crippen LogP contribution in [0.4, 0.5) is 0 Å². The molecular formula is C7H11NO. The van der Waals surface area contributed by atoms with Crippen LogP contribution in [0.5, 0.6) is 0 Å². The molecule has 0 bridgehead atoms. The number of nitrogens with one attached hydrogen (secondary N) is 1. The van der Waals surface area contributed by atoms with Crippen LogP contribution in [-0.2, 0) is 4.79 Å². The summed E-state index contributed by atoms with van der Waals surface area (Å²) >= 11 is 0. The van der Waals surface area contributed by atoms with Gasteiger partial charge in [-0.2, -0.15) is 0 Å². The first-order chi connectivity index (χ1) is 4.18. The molecule has 2 heteroatoms. The van der Waals surface area contributed by atoms with E-state index in [9.17, 15) is 4.79 Å². The van der Waals surface area contributed by atoms with Crippen LogP contribution in [0, 0.1) is 0 Å². The summed E-state index contributed by atoms with van der Waals surface area (Å²) < 4.78 is 0. The van der Waals surface area contributed by atoms with Gasteiger partial charge in [0, 0.05) is 12.5 Å². The van der Waals surface area contributed by atoms with Gasteiger partial charge in [-0.1, -0.05) is 5.57 Å². The maximum absolute atomic E-state index is 10.4. The highest BCUT2D eigenvalue weighted by Crippen LogP contribution is 2.12. The van der Waals surface area contributed by atoms with E-state index in [1.165, 1.54) is 0 Å². The maximum atomic E-state index is 10.4. The van der Waals surface area contributed by atoms with Crippen molar-refractivity contribution in [2.24, 2.45) is 0 Å². The van der Waals surface area contributed by atoms with Crippen LogP contribution < -0.4 is 5.32 Å². The summed E-state index contributed by atoms with van der Waals surface area (Å²) in [6.45, 7) is 5.73. The number of amides is 1. The summed E-state index contributed by atoms with van der Waals surface area (Å²) in [5.74, 6) is 0.168. The molecule has 2 nitrogen and oxygen atoms in total. The molecule has 1 aliphatic heterocycles. The minimum atomic E-state index is 0.168. The third-order valence-corrected chi connectivity index (χ3v) is 1.39. The minimum absolute atomic E-state index is 0.168. The summed E-state index contributed by atoms with van der Waals surface area (Å²) in [7, 11) is 0. The summed E-state index contributed by atoms with van der Waals surface area (Å²) in [4.78, 5) is 10.4. The van der Waals surface area contributed by atoms with E-state index in [2.05, 4.69) is 11.9 Å². The Hall–Kier alpha value is -0.790. The van der Waals surface area contributed by atoms with E-state index in [1.807, 2.05) is 6.92 Å². The molecule has 0 aromatic carbocycles. The molecule has 1 fully saturated rings. The van der Waals surface area contributed by atoms with Crippen molar-refractivity contribution < 1.29 is 4.79 Å². The molecule has 1 heterocycles. The predicted octanol–water partition coefficient (Wildman–Crippen LogP) is 0.841. The Morgan fingerprint density at radius 1 is 2.00 bits per heavy atom. The predicted molar refractivity (Wildman–Crippen MR) is 36.0 cm³/mol. The second kappa shape index (κ2) is 2.21. The van der Waals surface area contributed by atoms with E-state index in [1.54, 1.807) is 0 Å². The van der Waals surface area contributed by atoms with Crippen LogP contribution in [0.3, 0.4) is 0 Å². The first-order valence-electron chi connectivity index (χ1n) is 3.12. The molecule has 9 heavy (non-hydrogen) atoms. The number of rotatable bonds is 2. The Morgan fingerprint density at radius 3 is 2.89 bits per heavy atom. The molecule has 0 radical (unpaired) electrons. The minimum Gasteiger partial charge on any atom is -0.352 e. The topological polar surface area (TPSA) is 29.1 Å². The van der Waals surface area contributed by atoms with Gasteiger partial charge in [0.05, 0.1) is 0 Å². The lowest BCUT2D eigenvalue weighted by Crippen LogP contribution is -2.48. The van der Waals surface area contributed by atoms with Crippen molar-refractivity contribution in [1.29, 1.82) is 0 Å². The van der Waals surface area contributed by atoms with Gasteiger partial charge in [-0.15, -0.1) is 6.58 Å². The Labute approximate surface area is 54.9 Å². The highest BCUT2D eigenvalue weighted by molar-refractivity contribution is 5.82. The van der Waals surface area contributed by atoms with Gasteiger partial charge in [-0.3, -0.25) is 4.79 Å². The fourth-order valence-corrected chi connectivity index (χ4v) is 0.974. The quantitative estimate of drug-likeness (QED) is 0.430. The number of carbonyl (C=O) groups excluding carboxylic acids is 1. The smallest absolute Gasteiger partial charge is 0.222 e. The average Bonchev–Trinajstić information content (AvgIpc) is 1.60. The van der Waals surface area contributed by atoms with E-state index in [0.717, 1.165) is 12.0 Å². The van der Waals surface area contributed by atoms with E-state index in [-0.39, 0.29) is 5.91 Å². The zero-order valence-corrected chi connectivity index (χ0v) is 5.61. The van der Waals surface area contributed by atoms with Gasteiger partial charge < -0.3 is 5.32 Å². The molecule has 50 valence electrons. The van der Waals surface area contributed by atoms with Crippen molar-refractivity contribution in [1.82, 2.24) is 5.32 Å². The van der Waals surface area contributed by atoms with Crippen LogP contribution in [0.25, 0.3) is 0 Å². The van der Waals surface area contributed by atoms with E-state index in [0.29, 0.717) is 12.5 Å². The molecule has 0 aliphatic carbocycles. The standard InChI is InChI=1S/C7H11NO/c1-5(2)3-6-4-7(9)8-6/h6H,1,3-4H2,2H3,(H,8,9). The normalized spacial score (nSPS) is 24.6. The molecular weight excluding hydrogens is 114 g/mol. The molecule has 1 N–H and O–H groups in total. The molecule has 0 spiro atoms.